The van der Waals surface area contributed by atoms with E-state index < -0.39 is 17.7 Å². The predicted octanol–water partition coefficient (Wildman–Crippen LogP) is 2.99. The number of benzene rings is 1. The molecule has 1 unspecified atom stereocenters. The molecule has 124 valence electrons. The van der Waals surface area contributed by atoms with E-state index in [0.29, 0.717) is 5.39 Å². The summed E-state index contributed by atoms with van der Waals surface area (Å²) in [5, 5.41) is 3.92. The van der Waals surface area contributed by atoms with Crippen LogP contribution in [0.1, 0.15) is 29.0 Å². The van der Waals surface area contributed by atoms with Gasteiger partial charge >= 0.3 is 0 Å². The van der Waals surface area contributed by atoms with E-state index in [4.69, 9.17) is 0 Å². The lowest BCUT2D eigenvalue weighted by molar-refractivity contribution is 0.530. The molecule has 4 nitrogen and oxygen atoms in total. The molecule has 1 aliphatic heterocycles. The van der Waals surface area contributed by atoms with Gasteiger partial charge in [0.25, 0.3) is 5.56 Å². The molecule has 3 heterocycles. The molecule has 0 spiro atoms. The van der Waals surface area contributed by atoms with Gasteiger partial charge in [0, 0.05) is 23.1 Å². The van der Waals surface area contributed by atoms with Crippen molar-refractivity contribution in [2.24, 2.45) is 0 Å². The molecule has 4 rings (SSSR count). The third-order valence-corrected chi connectivity index (χ3v) is 5.63. The van der Waals surface area contributed by atoms with Crippen molar-refractivity contribution in [3.8, 4) is 0 Å². The number of hydrogen-bond donors (Lipinski definition) is 1. The summed E-state index contributed by atoms with van der Waals surface area (Å²) < 4.78 is 28.6. The molecule has 3 aromatic rings. The second-order valence-electron chi connectivity index (χ2n) is 5.91. The van der Waals surface area contributed by atoms with Crippen molar-refractivity contribution in [2.75, 3.05) is 6.54 Å². The lowest BCUT2D eigenvalue weighted by Crippen LogP contribution is -2.27. The summed E-state index contributed by atoms with van der Waals surface area (Å²) >= 11 is 1.52. The van der Waals surface area contributed by atoms with Gasteiger partial charge in [0.05, 0.1) is 17.8 Å². The largest absolute Gasteiger partial charge is 0.312 e. The Hall–Kier alpha value is -2.12. The Bertz CT molecular complexity index is 995. The predicted molar refractivity (Wildman–Crippen MR) is 89.5 cm³/mol. The van der Waals surface area contributed by atoms with Gasteiger partial charge in [-0.15, -0.1) is 11.3 Å². The van der Waals surface area contributed by atoms with Crippen LogP contribution in [0.15, 0.2) is 29.3 Å². The minimum atomic E-state index is -0.661. The average molecular weight is 347 g/mol. The molecule has 2 aromatic heterocycles. The summed E-state index contributed by atoms with van der Waals surface area (Å²) in [6.07, 6.45) is 2.24. The molecule has 0 fully saturated rings. The van der Waals surface area contributed by atoms with Crippen molar-refractivity contribution >= 4 is 21.6 Å². The van der Waals surface area contributed by atoms with E-state index in [1.807, 2.05) is 0 Å². The quantitative estimate of drug-likeness (QED) is 0.775. The molecule has 1 N–H and O–H groups in total. The Balaban J connectivity index is 1.88. The summed E-state index contributed by atoms with van der Waals surface area (Å²) in [6, 6.07) is 2.84. The summed E-state index contributed by atoms with van der Waals surface area (Å²) in [6.45, 7) is 3.29. The number of aromatic nitrogens is 2. The number of nitrogens with one attached hydrogen (secondary N) is 1. The Morgan fingerprint density at radius 2 is 2.21 bits per heavy atom. The third kappa shape index (κ3) is 2.35. The standard InChI is InChI=1S/C17H15F2N3OS/c1-9(11-3-2-10(18)6-13(11)19)22-8-21-16-15(17(22)23)12-4-5-20-7-14(12)24-16/h2-3,6,8-9,20H,4-5,7H2,1H3. The summed E-state index contributed by atoms with van der Waals surface area (Å²) in [5.74, 6) is -1.30. The minimum absolute atomic E-state index is 0.171. The fourth-order valence-electron chi connectivity index (χ4n) is 3.19. The SMILES string of the molecule is CC(c1ccc(F)cc1F)n1cnc2sc3c(c2c1=O)CCNC3. The van der Waals surface area contributed by atoms with Gasteiger partial charge in [-0.3, -0.25) is 9.36 Å². The molecule has 0 radical (unpaired) electrons. The molecule has 0 bridgehead atoms. The maximum absolute atomic E-state index is 14.1. The van der Waals surface area contributed by atoms with Crippen molar-refractivity contribution in [3.63, 3.8) is 0 Å². The van der Waals surface area contributed by atoms with Crippen LogP contribution in [-0.4, -0.2) is 16.1 Å². The topological polar surface area (TPSA) is 46.9 Å². The fourth-order valence-corrected chi connectivity index (χ4v) is 4.34. The number of thiophene rings is 1. The van der Waals surface area contributed by atoms with Crippen LogP contribution in [-0.2, 0) is 13.0 Å². The van der Waals surface area contributed by atoms with Crippen LogP contribution >= 0.6 is 11.3 Å². The maximum Gasteiger partial charge on any atom is 0.262 e. The van der Waals surface area contributed by atoms with Gasteiger partial charge < -0.3 is 5.32 Å². The Kier molecular flexibility index (Phi) is 3.69. The number of nitrogens with zero attached hydrogens (tertiary/aromatic N) is 2. The number of hydrogen-bond acceptors (Lipinski definition) is 4. The molecule has 7 heteroatoms. The van der Waals surface area contributed by atoms with Gasteiger partial charge in [0.2, 0.25) is 0 Å². The van der Waals surface area contributed by atoms with Gasteiger partial charge in [-0.05, 0) is 31.5 Å². The number of halogens is 2. The van der Waals surface area contributed by atoms with E-state index in [9.17, 15) is 13.6 Å². The Labute approximate surface area is 140 Å². The van der Waals surface area contributed by atoms with E-state index in [2.05, 4.69) is 10.3 Å². The van der Waals surface area contributed by atoms with Crippen LogP contribution in [0.2, 0.25) is 0 Å². The zero-order chi connectivity index (χ0) is 16.8. The van der Waals surface area contributed by atoms with Crippen LogP contribution < -0.4 is 10.9 Å². The highest BCUT2D eigenvalue weighted by molar-refractivity contribution is 7.18. The van der Waals surface area contributed by atoms with Crippen LogP contribution in [0.3, 0.4) is 0 Å². The number of fused-ring (bicyclic) bond motifs is 3. The van der Waals surface area contributed by atoms with Gasteiger partial charge in [0.15, 0.2) is 0 Å². The normalized spacial score (nSPS) is 15.5. The molecular formula is C17H15F2N3OS. The molecule has 1 aromatic carbocycles. The van der Waals surface area contributed by atoms with Crippen molar-refractivity contribution in [3.05, 3.63) is 62.5 Å². The van der Waals surface area contributed by atoms with Gasteiger partial charge in [-0.25, -0.2) is 13.8 Å². The lowest BCUT2D eigenvalue weighted by atomic mass is 10.1. The zero-order valence-electron chi connectivity index (χ0n) is 13.0. The van der Waals surface area contributed by atoms with E-state index >= 15 is 0 Å². The molecule has 0 amide bonds. The van der Waals surface area contributed by atoms with Crippen molar-refractivity contribution < 1.29 is 8.78 Å². The second kappa shape index (κ2) is 5.75. The maximum atomic E-state index is 14.1. The van der Waals surface area contributed by atoms with Crippen LogP contribution in [0.5, 0.6) is 0 Å². The summed E-state index contributed by atoms with van der Waals surface area (Å²) in [7, 11) is 0. The zero-order valence-corrected chi connectivity index (χ0v) is 13.8. The molecule has 1 aliphatic rings. The van der Waals surface area contributed by atoms with E-state index in [1.54, 1.807) is 6.92 Å². The summed E-state index contributed by atoms with van der Waals surface area (Å²) in [4.78, 5) is 19.2. The highest BCUT2D eigenvalue weighted by Crippen LogP contribution is 2.30. The monoisotopic (exact) mass is 347 g/mol. The van der Waals surface area contributed by atoms with Crippen molar-refractivity contribution in [2.45, 2.75) is 25.9 Å². The minimum Gasteiger partial charge on any atom is -0.312 e. The highest BCUT2D eigenvalue weighted by atomic mass is 32.1. The van der Waals surface area contributed by atoms with Gasteiger partial charge in [-0.1, -0.05) is 6.07 Å². The first-order valence-corrected chi connectivity index (χ1v) is 8.55. The van der Waals surface area contributed by atoms with Crippen LogP contribution in [0, 0.1) is 11.6 Å². The fraction of sp³-hybridized carbons (Fsp3) is 0.294. The van der Waals surface area contributed by atoms with Crippen molar-refractivity contribution in [1.82, 2.24) is 14.9 Å². The number of rotatable bonds is 2. The second-order valence-corrected chi connectivity index (χ2v) is 6.99. The lowest BCUT2D eigenvalue weighted by Gasteiger charge is -2.16. The van der Waals surface area contributed by atoms with E-state index in [1.165, 1.54) is 34.4 Å². The van der Waals surface area contributed by atoms with Gasteiger partial charge in [-0.2, -0.15) is 0 Å². The highest BCUT2D eigenvalue weighted by Gasteiger charge is 2.22. The molecular weight excluding hydrogens is 332 g/mol. The van der Waals surface area contributed by atoms with E-state index in [-0.39, 0.29) is 11.1 Å². The first-order chi connectivity index (χ1) is 11.6. The first-order valence-electron chi connectivity index (χ1n) is 7.73. The molecule has 0 saturated carbocycles. The first kappa shape index (κ1) is 15.4. The van der Waals surface area contributed by atoms with E-state index in [0.717, 1.165) is 40.8 Å². The Morgan fingerprint density at radius 3 is 3.00 bits per heavy atom. The van der Waals surface area contributed by atoms with Crippen molar-refractivity contribution in [1.29, 1.82) is 0 Å². The third-order valence-electron chi connectivity index (χ3n) is 4.49. The van der Waals surface area contributed by atoms with Gasteiger partial charge in [0.1, 0.15) is 16.5 Å². The summed E-state index contributed by atoms with van der Waals surface area (Å²) in [5.41, 5.74) is 1.15. The Morgan fingerprint density at radius 1 is 1.38 bits per heavy atom. The van der Waals surface area contributed by atoms with Crippen LogP contribution in [0.25, 0.3) is 10.2 Å². The molecule has 0 aliphatic carbocycles. The van der Waals surface area contributed by atoms with Crippen LogP contribution in [0.4, 0.5) is 8.78 Å². The molecule has 1 atom stereocenters. The smallest absolute Gasteiger partial charge is 0.262 e. The molecule has 0 saturated heterocycles. The molecule has 24 heavy (non-hydrogen) atoms. The average Bonchev–Trinajstić information content (AvgIpc) is 2.94.